The van der Waals surface area contributed by atoms with Crippen LogP contribution in [0.25, 0.3) is 0 Å². The SMILES string of the molecule is COCCOCCN1C(=O)C(C2C(=O)N(C)c3cc4c(cc32)N(C)C(=O)C4C2C(=O)N(CCOCCOC)c3ccccc32)c2ccccc21. The van der Waals surface area contributed by atoms with Crippen LogP contribution in [0.15, 0.2) is 60.7 Å². The average Bonchev–Trinajstić information content (AvgIpc) is 3.73. The highest BCUT2D eigenvalue weighted by Gasteiger charge is 2.53. The van der Waals surface area contributed by atoms with E-state index in [4.69, 9.17) is 18.9 Å². The van der Waals surface area contributed by atoms with E-state index in [2.05, 4.69) is 0 Å². The molecular weight excluding hydrogens is 640 g/mol. The number of fused-ring (bicyclic) bond motifs is 4. The van der Waals surface area contributed by atoms with Gasteiger partial charge in [0.05, 0.1) is 63.3 Å². The number of hydrogen-bond donors (Lipinski definition) is 0. The van der Waals surface area contributed by atoms with Gasteiger partial charge in [-0.25, -0.2) is 0 Å². The van der Waals surface area contributed by atoms with Crippen LogP contribution in [0.1, 0.15) is 45.9 Å². The maximum Gasteiger partial charge on any atom is 0.235 e. The summed E-state index contributed by atoms with van der Waals surface area (Å²) in [4.78, 5) is 63.2. The highest BCUT2D eigenvalue weighted by Crippen LogP contribution is 2.56. The molecule has 50 heavy (non-hydrogen) atoms. The summed E-state index contributed by atoms with van der Waals surface area (Å²) in [5, 5.41) is 0. The molecule has 0 fully saturated rings. The van der Waals surface area contributed by atoms with Crippen LogP contribution in [0.2, 0.25) is 0 Å². The largest absolute Gasteiger partial charge is 0.382 e. The highest BCUT2D eigenvalue weighted by molar-refractivity contribution is 6.17. The first-order chi connectivity index (χ1) is 24.3. The molecule has 12 nitrogen and oxygen atoms in total. The zero-order valence-electron chi connectivity index (χ0n) is 28.8. The first-order valence-corrected chi connectivity index (χ1v) is 17.0. The molecular formula is C38H42N4O8. The number of para-hydroxylation sites is 2. The molecule has 0 saturated carbocycles. The highest BCUT2D eigenvalue weighted by atomic mass is 16.5. The Labute approximate surface area is 291 Å². The van der Waals surface area contributed by atoms with Crippen LogP contribution >= 0.6 is 0 Å². The number of methoxy groups -OCH3 is 2. The van der Waals surface area contributed by atoms with E-state index in [0.717, 1.165) is 22.5 Å². The van der Waals surface area contributed by atoms with Crippen LogP contribution in [0, 0.1) is 0 Å². The summed E-state index contributed by atoms with van der Waals surface area (Å²) < 4.78 is 21.5. The maximum absolute atomic E-state index is 14.2. The Hall–Kier alpha value is -4.62. The molecule has 7 rings (SSSR count). The van der Waals surface area contributed by atoms with Crippen LogP contribution in [-0.4, -0.2) is 105 Å². The normalized spacial score (nSPS) is 22.2. The lowest BCUT2D eigenvalue weighted by Gasteiger charge is -2.21. The number of ether oxygens (including phenoxy) is 4. The predicted molar refractivity (Wildman–Crippen MR) is 187 cm³/mol. The van der Waals surface area contributed by atoms with Crippen molar-refractivity contribution >= 4 is 46.4 Å². The lowest BCUT2D eigenvalue weighted by atomic mass is 9.80. The molecule has 12 heteroatoms. The van der Waals surface area contributed by atoms with E-state index < -0.39 is 23.7 Å². The molecule has 0 aliphatic carbocycles. The molecule has 4 atom stereocenters. The Morgan fingerprint density at radius 2 is 0.860 bits per heavy atom. The third kappa shape index (κ3) is 5.47. The molecule has 0 radical (unpaired) electrons. The average molecular weight is 683 g/mol. The zero-order chi connectivity index (χ0) is 35.1. The van der Waals surface area contributed by atoms with Crippen LogP contribution in [0.5, 0.6) is 0 Å². The van der Waals surface area contributed by atoms with Crippen molar-refractivity contribution in [3.8, 4) is 0 Å². The number of likely N-dealkylation sites (N-methyl/N-ethyl adjacent to an activating group) is 2. The number of amides is 4. The third-order valence-corrected chi connectivity index (χ3v) is 10.4. The number of carbonyl (C=O) groups excluding carboxylic acids is 4. The van der Waals surface area contributed by atoms with Gasteiger partial charge in [0, 0.05) is 64.2 Å². The number of carbonyl (C=O) groups is 4. The van der Waals surface area contributed by atoms with Crippen LogP contribution in [-0.2, 0) is 38.1 Å². The van der Waals surface area contributed by atoms with Crippen LogP contribution in [0.4, 0.5) is 22.7 Å². The lowest BCUT2D eigenvalue weighted by molar-refractivity contribution is -0.125. The fourth-order valence-electron chi connectivity index (χ4n) is 7.99. The van der Waals surface area contributed by atoms with Crippen molar-refractivity contribution in [2.75, 3.05) is 101 Å². The first kappa shape index (κ1) is 33.9. The van der Waals surface area contributed by atoms with Gasteiger partial charge in [-0.1, -0.05) is 36.4 Å². The Bertz CT molecular complexity index is 1700. The van der Waals surface area contributed by atoms with E-state index in [1.54, 1.807) is 47.9 Å². The van der Waals surface area contributed by atoms with Gasteiger partial charge in [-0.05, 0) is 46.5 Å². The molecule has 0 aromatic heterocycles. The van der Waals surface area contributed by atoms with Crippen molar-refractivity contribution in [1.82, 2.24) is 0 Å². The maximum atomic E-state index is 14.2. The number of rotatable bonds is 14. The van der Waals surface area contributed by atoms with E-state index in [1.807, 2.05) is 60.7 Å². The molecule has 4 aliphatic rings. The molecule has 0 spiro atoms. The number of benzene rings is 3. The molecule has 262 valence electrons. The molecule has 0 saturated heterocycles. The Kier molecular flexibility index (Phi) is 9.44. The van der Waals surface area contributed by atoms with Crippen LogP contribution < -0.4 is 19.6 Å². The Balaban J connectivity index is 1.22. The minimum Gasteiger partial charge on any atom is -0.382 e. The molecule has 4 aliphatic heterocycles. The van der Waals surface area contributed by atoms with Gasteiger partial charge in [-0.3, -0.25) is 19.2 Å². The van der Waals surface area contributed by atoms with Gasteiger partial charge in [0.2, 0.25) is 23.6 Å². The summed E-state index contributed by atoms with van der Waals surface area (Å²) >= 11 is 0. The standard InChI is InChI=1S/C38H42N4O8/c1-39-29-21-26-30(40(2)36(44)34(26)32-24-10-6-8-12-28(24)42(38(32)46)14-16-50-20-18-48-4)22-25(29)33(35(39)43)31-23-9-5-7-11-27(23)41(37(31)45)13-15-49-19-17-47-3/h5-12,21-22,31-34H,13-20H2,1-4H3. The van der Waals surface area contributed by atoms with E-state index >= 15 is 0 Å². The fourth-order valence-corrected chi connectivity index (χ4v) is 7.99. The zero-order valence-corrected chi connectivity index (χ0v) is 28.8. The fraction of sp³-hybridized carbons (Fsp3) is 0.421. The monoisotopic (exact) mass is 682 g/mol. The first-order valence-electron chi connectivity index (χ1n) is 17.0. The second-order valence-corrected chi connectivity index (χ2v) is 13.0. The quantitative estimate of drug-likeness (QED) is 0.238. The molecule has 3 aromatic carbocycles. The van der Waals surface area contributed by atoms with E-state index in [-0.39, 0.29) is 23.6 Å². The van der Waals surface area contributed by atoms with Crippen molar-refractivity contribution in [3.63, 3.8) is 0 Å². The minimum atomic E-state index is -0.779. The van der Waals surface area contributed by atoms with Crippen molar-refractivity contribution in [2.45, 2.75) is 23.7 Å². The minimum absolute atomic E-state index is 0.164. The smallest absolute Gasteiger partial charge is 0.235 e. The van der Waals surface area contributed by atoms with Gasteiger partial charge in [0.15, 0.2) is 0 Å². The van der Waals surface area contributed by atoms with E-state index in [0.29, 0.717) is 75.2 Å². The van der Waals surface area contributed by atoms with Gasteiger partial charge < -0.3 is 38.5 Å². The Morgan fingerprint density at radius 3 is 1.26 bits per heavy atom. The van der Waals surface area contributed by atoms with Crippen molar-refractivity contribution in [2.24, 2.45) is 0 Å². The van der Waals surface area contributed by atoms with E-state index in [9.17, 15) is 19.2 Å². The number of anilines is 4. The predicted octanol–water partition coefficient (Wildman–Crippen LogP) is 3.39. The van der Waals surface area contributed by atoms with Gasteiger partial charge >= 0.3 is 0 Å². The molecule has 4 amide bonds. The van der Waals surface area contributed by atoms with E-state index in [1.165, 1.54) is 0 Å². The molecule has 0 bridgehead atoms. The van der Waals surface area contributed by atoms with Crippen molar-refractivity contribution in [1.29, 1.82) is 0 Å². The molecule has 0 N–H and O–H groups in total. The van der Waals surface area contributed by atoms with Crippen molar-refractivity contribution < 1.29 is 38.1 Å². The molecule has 4 heterocycles. The second-order valence-electron chi connectivity index (χ2n) is 13.0. The van der Waals surface area contributed by atoms with Crippen molar-refractivity contribution in [3.05, 3.63) is 82.9 Å². The summed E-state index contributed by atoms with van der Waals surface area (Å²) in [6.07, 6.45) is 0. The number of hydrogen-bond acceptors (Lipinski definition) is 8. The topological polar surface area (TPSA) is 118 Å². The Morgan fingerprint density at radius 1 is 0.480 bits per heavy atom. The second kappa shape index (κ2) is 13.9. The summed E-state index contributed by atoms with van der Waals surface area (Å²) in [6, 6.07) is 18.9. The van der Waals surface area contributed by atoms with Gasteiger partial charge in [-0.2, -0.15) is 0 Å². The summed E-state index contributed by atoms with van der Waals surface area (Å²) in [5.41, 5.74) is 5.77. The number of nitrogens with zero attached hydrogens (tertiary/aromatic N) is 4. The van der Waals surface area contributed by atoms with Crippen LogP contribution in [0.3, 0.4) is 0 Å². The lowest BCUT2D eigenvalue weighted by Crippen LogP contribution is -2.36. The third-order valence-electron chi connectivity index (χ3n) is 10.4. The summed E-state index contributed by atoms with van der Waals surface area (Å²) in [5.74, 6) is -3.74. The van der Waals surface area contributed by atoms with Gasteiger partial charge in [0.25, 0.3) is 0 Å². The molecule has 4 unspecified atom stereocenters. The molecule has 3 aromatic rings. The van der Waals surface area contributed by atoms with Gasteiger partial charge in [-0.15, -0.1) is 0 Å². The van der Waals surface area contributed by atoms with Gasteiger partial charge in [0.1, 0.15) is 0 Å². The summed E-state index contributed by atoms with van der Waals surface area (Å²) in [6.45, 7) is 3.09. The summed E-state index contributed by atoms with van der Waals surface area (Å²) in [7, 11) is 6.62.